The van der Waals surface area contributed by atoms with Crippen molar-refractivity contribution in [3.63, 3.8) is 0 Å². The Balaban J connectivity index is 1.53. The zero-order valence-corrected chi connectivity index (χ0v) is 16.2. The molecule has 1 amide bonds. The highest BCUT2D eigenvalue weighted by molar-refractivity contribution is 7.89. The van der Waals surface area contributed by atoms with Gasteiger partial charge in [0.15, 0.2) is 0 Å². The van der Waals surface area contributed by atoms with Crippen LogP contribution in [-0.4, -0.2) is 68.7 Å². The number of amides is 1. The number of hydrogen-bond acceptors (Lipinski definition) is 4. The normalized spacial score (nSPS) is 20.3. The van der Waals surface area contributed by atoms with E-state index >= 15 is 0 Å². The molecule has 0 aromatic heterocycles. The van der Waals surface area contributed by atoms with Crippen LogP contribution in [-0.2, 0) is 21.2 Å². The monoisotopic (exact) mass is 380 g/mol. The van der Waals surface area contributed by atoms with Crippen LogP contribution in [0, 0.1) is 5.92 Å². The number of nitrogens with zero attached hydrogens (tertiary/aromatic N) is 2. The molecule has 0 atom stereocenters. The molecule has 2 aliphatic rings. The molecule has 0 N–H and O–H groups in total. The summed E-state index contributed by atoms with van der Waals surface area (Å²) in [7, 11) is -3.06. The smallest absolute Gasteiger partial charge is 0.254 e. The zero-order valence-electron chi connectivity index (χ0n) is 15.4. The molecule has 2 heterocycles. The lowest BCUT2D eigenvalue weighted by Crippen LogP contribution is -2.40. The number of piperidine rings is 1. The highest BCUT2D eigenvalue weighted by atomic mass is 32.2. The molecular weight excluding hydrogens is 352 g/mol. The Hall–Kier alpha value is -1.44. The Morgan fingerprint density at radius 3 is 2.27 bits per heavy atom. The topological polar surface area (TPSA) is 66.9 Å². The minimum Gasteiger partial charge on any atom is -0.378 e. The number of morpholine rings is 1. The Labute approximate surface area is 156 Å². The molecule has 3 rings (SSSR count). The average molecular weight is 381 g/mol. The summed E-state index contributed by atoms with van der Waals surface area (Å²) < 4.78 is 30.8. The molecule has 0 saturated carbocycles. The van der Waals surface area contributed by atoms with Gasteiger partial charge >= 0.3 is 0 Å². The quantitative estimate of drug-likeness (QED) is 0.781. The van der Waals surface area contributed by atoms with Gasteiger partial charge in [0.2, 0.25) is 10.0 Å². The number of rotatable bonds is 5. The Morgan fingerprint density at radius 1 is 1.08 bits per heavy atom. The predicted octanol–water partition coefficient (Wildman–Crippen LogP) is 1.76. The molecule has 1 aromatic carbocycles. The van der Waals surface area contributed by atoms with E-state index in [1.54, 1.807) is 11.2 Å². The fourth-order valence-corrected chi connectivity index (χ4v) is 4.77. The molecular formula is C19H28N2O4S. The van der Waals surface area contributed by atoms with Crippen molar-refractivity contribution >= 4 is 15.9 Å². The Kier molecular flexibility index (Phi) is 6.32. The van der Waals surface area contributed by atoms with Crippen LogP contribution in [0.1, 0.15) is 35.7 Å². The van der Waals surface area contributed by atoms with Crippen molar-refractivity contribution in [2.75, 3.05) is 45.1 Å². The first-order valence-electron chi connectivity index (χ1n) is 9.43. The minimum atomic E-state index is -3.06. The first-order valence-corrected chi connectivity index (χ1v) is 11.0. The van der Waals surface area contributed by atoms with Gasteiger partial charge in [0.05, 0.1) is 19.0 Å². The van der Waals surface area contributed by atoms with Crippen molar-refractivity contribution in [1.29, 1.82) is 0 Å². The van der Waals surface area contributed by atoms with Gasteiger partial charge in [-0.15, -0.1) is 0 Å². The molecule has 2 fully saturated rings. The summed E-state index contributed by atoms with van der Waals surface area (Å²) in [5.41, 5.74) is 1.93. The summed E-state index contributed by atoms with van der Waals surface area (Å²) in [5.74, 6) is 0.744. The van der Waals surface area contributed by atoms with Crippen LogP contribution in [0.25, 0.3) is 0 Å². The summed E-state index contributed by atoms with van der Waals surface area (Å²) in [5, 5.41) is 0. The second-order valence-corrected chi connectivity index (χ2v) is 9.31. The molecule has 0 unspecified atom stereocenters. The Bertz CT molecular complexity index is 704. The van der Waals surface area contributed by atoms with Gasteiger partial charge in [-0.3, -0.25) is 4.79 Å². The maximum absolute atomic E-state index is 12.5. The van der Waals surface area contributed by atoms with E-state index in [2.05, 4.69) is 0 Å². The maximum Gasteiger partial charge on any atom is 0.254 e. The van der Waals surface area contributed by atoms with Crippen molar-refractivity contribution in [3.8, 4) is 0 Å². The molecule has 7 heteroatoms. The fraction of sp³-hybridized carbons (Fsp3) is 0.632. The van der Waals surface area contributed by atoms with Crippen LogP contribution < -0.4 is 0 Å². The fourth-order valence-electron chi connectivity index (χ4n) is 3.64. The number of benzene rings is 1. The van der Waals surface area contributed by atoms with E-state index in [0.29, 0.717) is 45.3 Å². The second-order valence-electron chi connectivity index (χ2n) is 7.05. The summed E-state index contributed by atoms with van der Waals surface area (Å²) in [6, 6.07) is 7.87. The van der Waals surface area contributed by atoms with Gasteiger partial charge in [0.1, 0.15) is 0 Å². The molecule has 2 saturated heterocycles. The molecule has 0 bridgehead atoms. The van der Waals surface area contributed by atoms with Gasteiger partial charge < -0.3 is 9.64 Å². The van der Waals surface area contributed by atoms with Gasteiger partial charge in [0, 0.05) is 31.7 Å². The third-order valence-electron chi connectivity index (χ3n) is 5.36. The number of carbonyl (C=O) groups is 1. The van der Waals surface area contributed by atoms with E-state index in [4.69, 9.17) is 4.74 Å². The van der Waals surface area contributed by atoms with Gasteiger partial charge in [-0.25, -0.2) is 12.7 Å². The molecule has 26 heavy (non-hydrogen) atoms. The van der Waals surface area contributed by atoms with Crippen molar-refractivity contribution in [2.24, 2.45) is 5.92 Å². The van der Waals surface area contributed by atoms with Crippen LogP contribution in [0.3, 0.4) is 0 Å². The number of carbonyl (C=O) groups excluding carboxylic acids is 1. The minimum absolute atomic E-state index is 0.0675. The van der Waals surface area contributed by atoms with Gasteiger partial charge in [-0.2, -0.15) is 0 Å². The van der Waals surface area contributed by atoms with Crippen LogP contribution >= 0.6 is 0 Å². The molecule has 0 aliphatic carbocycles. The van der Waals surface area contributed by atoms with Crippen LogP contribution in [0.15, 0.2) is 24.3 Å². The van der Waals surface area contributed by atoms with Gasteiger partial charge in [-0.1, -0.05) is 12.1 Å². The summed E-state index contributed by atoms with van der Waals surface area (Å²) in [4.78, 5) is 14.3. The van der Waals surface area contributed by atoms with Crippen LogP contribution in [0.2, 0.25) is 0 Å². The summed E-state index contributed by atoms with van der Waals surface area (Å²) >= 11 is 0. The zero-order chi connectivity index (χ0) is 18.6. The molecule has 144 valence electrons. The number of ether oxygens (including phenoxy) is 1. The molecule has 2 aliphatic heterocycles. The van der Waals surface area contributed by atoms with E-state index in [0.717, 1.165) is 24.8 Å². The summed E-state index contributed by atoms with van der Waals surface area (Å²) in [6.07, 6.45) is 2.73. The molecule has 0 radical (unpaired) electrons. The lowest BCUT2D eigenvalue weighted by molar-refractivity contribution is 0.0303. The van der Waals surface area contributed by atoms with Crippen LogP contribution in [0.4, 0.5) is 0 Å². The van der Waals surface area contributed by atoms with Crippen LogP contribution in [0.5, 0.6) is 0 Å². The second kappa shape index (κ2) is 8.50. The lowest BCUT2D eigenvalue weighted by Gasteiger charge is -2.31. The van der Waals surface area contributed by atoms with Crippen molar-refractivity contribution < 1.29 is 17.9 Å². The number of sulfonamides is 1. The molecule has 1 aromatic rings. The Morgan fingerprint density at radius 2 is 1.69 bits per heavy atom. The van der Waals surface area contributed by atoms with E-state index in [1.165, 1.54) is 5.56 Å². The van der Waals surface area contributed by atoms with E-state index in [1.807, 2.05) is 29.2 Å². The predicted molar refractivity (Wildman–Crippen MR) is 101 cm³/mol. The van der Waals surface area contributed by atoms with Crippen molar-refractivity contribution in [3.05, 3.63) is 35.4 Å². The largest absolute Gasteiger partial charge is 0.378 e. The average Bonchev–Trinajstić information content (AvgIpc) is 2.69. The van der Waals surface area contributed by atoms with Gasteiger partial charge in [0.25, 0.3) is 5.91 Å². The summed E-state index contributed by atoms with van der Waals surface area (Å²) in [6.45, 7) is 5.45. The standard InChI is InChI=1S/C19H28N2O4S/c1-2-26(23,24)21-9-7-17(8-10-21)15-16-3-5-18(6-4-16)19(22)20-11-13-25-14-12-20/h3-6,17H,2,7-15H2,1H3. The maximum atomic E-state index is 12.5. The highest BCUT2D eigenvalue weighted by Crippen LogP contribution is 2.24. The molecule has 6 nitrogen and oxygen atoms in total. The first-order chi connectivity index (χ1) is 12.5. The molecule has 0 spiro atoms. The van der Waals surface area contributed by atoms with Gasteiger partial charge in [-0.05, 0) is 49.8 Å². The van der Waals surface area contributed by atoms with E-state index in [-0.39, 0.29) is 11.7 Å². The number of hydrogen-bond donors (Lipinski definition) is 0. The highest BCUT2D eigenvalue weighted by Gasteiger charge is 2.26. The first kappa shape index (κ1) is 19.3. The van der Waals surface area contributed by atoms with Crippen molar-refractivity contribution in [2.45, 2.75) is 26.2 Å². The lowest BCUT2D eigenvalue weighted by atomic mass is 9.90. The van der Waals surface area contributed by atoms with E-state index < -0.39 is 10.0 Å². The van der Waals surface area contributed by atoms with E-state index in [9.17, 15) is 13.2 Å². The van der Waals surface area contributed by atoms with Crippen molar-refractivity contribution in [1.82, 2.24) is 9.21 Å². The third kappa shape index (κ3) is 4.64. The SMILES string of the molecule is CCS(=O)(=O)N1CCC(Cc2ccc(C(=O)N3CCOCC3)cc2)CC1. The third-order valence-corrected chi connectivity index (χ3v) is 7.24.